The quantitative estimate of drug-likeness (QED) is 0.676. The minimum atomic E-state index is -0.409. The van der Waals surface area contributed by atoms with Crippen molar-refractivity contribution in [2.45, 2.75) is 0 Å². The van der Waals surface area contributed by atoms with Crippen molar-refractivity contribution >= 4 is 16.5 Å². The zero-order valence-corrected chi connectivity index (χ0v) is 12.8. The molecule has 0 aliphatic heterocycles. The topological polar surface area (TPSA) is 26.3 Å². The molecule has 3 rings (SSSR count). The summed E-state index contributed by atoms with van der Waals surface area (Å²) in [7, 11) is 2.84. The van der Waals surface area contributed by atoms with E-state index in [9.17, 15) is 4.79 Å². The van der Waals surface area contributed by atoms with Gasteiger partial charge in [-0.05, 0) is 22.8 Å². The lowest BCUT2D eigenvalue weighted by Gasteiger charge is -2.14. The van der Waals surface area contributed by atoms with E-state index >= 15 is 0 Å². The van der Waals surface area contributed by atoms with Gasteiger partial charge in [-0.2, -0.15) is 0 Å². The third-order valence-corrected chi connectivity index (χ3v) is 3.71. The van der Waals surface area contributed by atoms with Gasteiger partial charge in [0.1, 0.15) is 0 Å². The molecule has 2 nitrogen and oxygen atoms in total. The van der Waals surface area contributed by atoms with Crippen molar-refractivity contribution in [1.29, 1.82) is 0 Å². The van der Waals surface area contributed by atoms with Gasteiger partial charge in [0.2, 0.25) is 0 Å². The predicted octanol–water partition coefficient (Wildman–Crippen LogP) is 4.26. The Morgan fingerprint density at radius 3 is 1.91 bits per heavy atom. The molecule has 3 radical (unpaired) electrons. The Bertz CT molecular complexity index is 783. The van der Waals surface area contributed by atoms with Crippen molar-refractivity contribution in [3.63, 3.8) is 0 Å². The maximum atomic E-state index is 12.1. The van der Waals surface area contributed by atoms with Crippen LogP contribution in [0.25, 0.3) is 22.3 Å². The van der Waals surface area contributed by atoms with Gasteiger partial charge in [-0.3, -0.25) is 0 Å². The standard InChI is InChI=1S/C19H13O2Si/c20-19(21-22)17-13-7-12-16(14-8-3-1-4-9-14)18(17)15-10-5-2-6-11-15/h1-13H. The monoisotopic (exact) mass is 301 g/mol. The van der Waals surface area contributed by atoms with E-state index < -0.39 is 5.97 Å². The fraction of sp³-hybridized carbons (Fsp3) is 0. The summed E-state index contributed by atoms with van der Waals surface area (Å²) in [4.78, 5) is 12.1. The number of rotatable bonds is 3. The summed E-state index contributed by atoms with van der Waals surface area (Å²) >= 11 is 0. The van der Waals surface area contributed by atoms with Crippen LogP contribution in [0, 0.1) is 0 Å². The van der Waals surface area contributed by atoms with Crippen molar-refractivity contribution in [2.75, 3.05) is 0 Å². The second-order valence-corrected chi connectivity index (χ2v) is 5.05. The molecule has 3 aromatic carbocycles. The molecule has 3 heteroatoms. The van der Waals surface area contributed by atoms with E-state index in [0.29, 0.717) is 5.56 Å². The zero-order valence-electron chi connectivity index (χ0n) is 11.8. The van der Waals surface area contributed by atoms with Crippen LogP contribution in [0.5, 0.6) is 0 Å². The highest BCUT2D eigenvalue weighted by atomic mass is 28.2. The summed E-state index contributed by atoms with van der Waals surface area (Å²) in [5, 5.41) is 0. The van der Waals surface area contributed by atoms with Gasteiger partial charge in [0, 0.05) is 5.56 Å². The highest BCUT2D eigenvalue weighted by Crippen LogP contribution is 2.35. The number of hydrogen-bond acceptors (Lipinski definition) is 2. The van der Waals surface area contributed by atoms with Gasteiger partial charge >= 0.3 is 16.5 Å². The summed E-state index contributed by atoms with van der Waals surface area (Å²) in [5.41, 5.74) is 4.44. The molecule has 22 heavy (non-hydrogen) atoms. The SMILES string of the molecule is O=C(O[Si])c1cccc(-c2ccccc2)c1-c1ccccc1. The van der Waals surface area contributed by atoms with Crippen molar-refractivity contribution in [2.24, 2.45) is 0 Å². The first-order valence-electron chi connectivity index (χ1n) is 6.93. The molecule has 0 saturated carbocycles. The number of hydrogen-bond donors (Lipinski definition) is 0. The lowest BCUT2D eigenvalue weighted by atomic mass is 9.90. The molecule has 0 amide bonds. The van der Waals surface area contributed by atoms with E-state index in [0.717, 1.165) is 22.3 Å². The van der Waals surface area contributed by atoms with Crippen LogP contribution >= 0.6 is 0 Å². The van der Waals surface area contributed by atoms with Gasteiger partial charge in [0.15, 0.2) is 0 Å². The number of carbonyl (C=O) groups excluding carboxylic acids is 1. The molecule has 0 bridgehead atoms. The first-order chi connectivity index (χ1) is 10.8. The molecule has 0 unspecified atom stereocenters. The van der Waals surface area contributed by atoms with E-state index in [4.69, 9.17) is 4.43 Å². The molecule has 0 atom stereocenters. The summed E-state index contributed by atoms with van der Waals surface area (Å²) in [6.45, 7) is 0. The molecule has 0 aromatic heterocycles. The minimum Gasteiger partial charge on any atom is -0.513 e. The van der Waals surface area contributed by atoms with E-state index in [1.54, 1.807) is 6.07 Å². The Morgan fingerprint density at radius 2 is 1.32 bits per heavy atom. The lowest BCUT2D eigenvalue weighted by Crippen LogP contribution is -2.05. The third kappa shape index (κ3) is 2.71. The summed E-state index contributed by atoms with van der Waals surface area (Å²) < 4.78 is 4.76. The third-order valence-electron chi connectivity index (χ3n) is 3.52. The number of benzene rings is 3. The summed E-state index contributed by atoms with van der Waals surface area (Å²) in [5.74, 6) is -0.409. The van der Waals surface area contributed by atoms with Crippen molar-refractivity contribution in [3.05, 3.63) is 84.4 Å². The van der Waals surface area contributed by atoms with E-state index in [1.165, 1.54) is 0 Å². The van der Waals surface area contributed by atoms with Crippen LogP contribution in [-0.4, -0.2) is 16.5 Å². The van der Waals surface area contributed by atoms with Crippen LogP contribution < -0.4 is 0 Å². The van der Waals surface area contributed by atoms with Gasteiger partial charge in [0.25, 0.3) is 0 Å². The van der Waals surface area contributed by atoms with Gasteiger partial charge in [0.05, 0.1) is 5.56 Å². The van der Waals surface area contributed by atoms with Crippen LogP contribution in [0.1, 0.15) is 10.4 Å². The van der Waals surface area contributed by atoms with Gasteiger partial charge < -0.3 is 4.43 Å². The highest BCUT2D eigenvalue weighted by Gasteiger charge is 2.17. The summed E-state index contributed by atoms with van der Waals surface area (Å²) in [6.07, 6.45) is 0. The van der Waals surface area contributed by atoms with Crippen LogP contribution in [0.15, 0.2) is 78.9 Å². The molecule has 105 valence electrons. The Kier molecular flexibility index (Phi) is 4.16. The maximum absolute atomic E-state index is 12.1. The Morgan fingerprint density at radius 1 is 0.727 bits per heavy atom. The van der Waals surface area contributed by atoms with E-state index in [1.807, 2.05) is 72.8 Å². The fourth-order valence-electron chi connectivity index (χ4n) is 2.55. The molecule has 0 fully saturated rings. The van der Waals surface area contributed by atoms with Crippen LogP contribution in [-0.2, 0) is 4.43 Å². The molecular formula is C19H13O2Si. The highest BCUT2D eigenvalue weighted by molar-refractivity contribution is 6.12. The number of carbonyl (C=O) groups is 1. The first kappa shape index (κ1) is 14.3. The Hall–Kier alpha value is -2.65. The van der Waals surface area contributed by atoms with Crippen LogP contribution in [0.3, 0.4) is 0 Å². The molecule has 3 aromatic rings. The second-order valence-electron chi connectivity index (χ2n) is 4.85. The van der Waals surface area contributed by atoms with E-state index in [2.05, 4.69) is 10.5 Å². The average molecular weight is 301 g/mol. The van der Waals surface area contributed by atoms with Crippen LogP contribution in [0.4, 0.5) is 0 Å². The Labute approximate surface area is 132 Å². The molecular weight excluding hydrogens is 288 g/mol. The molecule has 0 aliphatic carbocycles. The van der Waals surface area contributed by atoms with Gasteiger partial charge in [-0.1, -0.05) is 72.8 Å². The van der Waals surface area contributed by atoms with Gasteiger partial charge in [-0.15, -0.1) is 0 Å². The molecule has 0 spiro atoms. The minimum absolute atomic E-state index is 0.409. The predicted molar refractivity (Wildman–Crippen MR) is 88.5 cm³/mol. The maximum Gasteiger partial charge on any atom is 0.345 e. The van der Waals surface area contributed by atoms with E-state index in [-0.39, 0.29) is 0 Å². The van der Waals surface area contributed by atoms with Crippen LogP contribution in [0.2, 0.25) is 0 Å². The molecule has 0 N–H and O–H groups in total. The van der Waals surface area contributed by atoms with Gasteiger partial charge in [-0.25, -0.2) is 4.79 Å². The fourth-order valence-corrected chi connectivity index (χ4v) is 2.66. The average Bonchev–Trinajstić information content (AvgIpc) is 2.62. The largest absolute Gasteiger partial charge is 0.513 e. The lowest BCUT2D eigenvalue weighted by molar-refractivity contribution is 0.0750. The normalized spacial score (nSPS) is 10.2. The summed E-state index contributed by atoms with van der Waals surface area (Å²) in [6, 6.07) is 25.5. The first-order valence-corrected chi connectivity index (χ1v) is 7.34. The van der Waals surface area contributed by atoms with Crippen molar-refractivity contribution < 1.29 is 9.22 Å². The second kappa shape index (κ2) is 6.41. The Balaban J connectivity index is 2.29. The smallest absolute Gasteiger partial charge is 0.345 e. The molecule has 0 saturated heterocycles. The van der Waals surface area contributed by atoms with Crippen molar-refractivity contribution in [1.82, 2.24) is 0 Å². The molecule has 0 aliphatic rings. The zero-order chi connectivity index (χ0) is 15.4. The molecule has 0 heterocycles. The van der Waals surface area contributed by atoms with Crippen molar-refractivity contribution in [3.8, 4) is 22.3 Å².